The number of likely N-dealkylation sites (tertiary alicyclic amines) is 1. The molecular formula is C16H32N2. The van der Waals surface area contributed by atoms with Crippen LogP contribution in [0.15, 0.2) is 0 Å². The molecule has 0 aromatic carbocycles. The van der Waals surface area contributed by atoms with Gasteiger partial charge < -0.3 is 5.73 Å². The van der Waals surface area contributed by atoms with Gasteiger partial charge in [0.25, 0.3) is 0 Å². The van der Waals surface area contributed by atoms with Crippen LogP contribution in [0.3, 0.4) is 0 Å². The van der Waals surface area contributed by atoms with E-state index in [2.05, 4.69) is 25.7 Å². The number of piperidine rings is 1. The molecule has 2 heteroatoms. The topological polar surface area (TPSA) is 29.3 Å². The Bertz CT molecular complexity index is 256. The summed E-state index contributed by atoms with van der Waals surface area (Å²) < 4.78 is 0. The van der Waals surface area contributed by atoms with Crippen LogP contribution in [0.1, 0.15) is 59.3 Å². The van der Waals surface area contributed by atoms with Crippen LogP contribution in [-0.4, -0.2) is 30.1 Å². The summed E-state index contributed by atoms with van der Waals surface area (Å²) in [4.78, 5) is 2.77. The molecule has 0 spiro atoms. The Labute approximate surface area is 113 Å². The molecule has 1 saturated carbocycles. The van der Waals surface area contributed by atoms with Crippen molar-refractivity contribution in [1.82, 2.24) is 4.90 Å². The summed E-state index contributed by atoms with van der Waals surface area (Å²) in [6.45, 7) is 10.6. The van der Waals surface area contributed by atoms with E-state index < -0.39 is 0 Å². The van der Waals surface area contributed by atoms with E-state index in [0.717, 1.165) is 24.3 Å². The molecule has 1 aliphatic heterocycles. The van der Waals surface area contributed by atoms with Gasteiger partial charge in [0, 0.05) is 25.2 Å². The normalized spacial score (nSPS) is 43.7. The highest BCUT2D eigenvalue weighted by molar-refractivity contribution is 4.96. The SMILES string of the molecule is CC1CCCC(CN)(N2CC(C)CC(C)C2)CC1. The monoisotopic (exact) mass is 252 g/mol. The Morgan fingerprint density at radius 1 is 1.00 bits per heavy atom. The zero-order chi connectivity index (χ0) is 13.2. The summed E-state index contributed by atoms with van der Waals surface area (Å²) in [7, 11) is 0. The number of nitrogens with two attached hydrogens (primary N) is 1. The van der Waals surface area contributed by atoms with E-state index in [1.807, 2.05) is 0 Å². The van der Waals surface area contributed by atoms with Gasteiger partial charge in [-0.2, -0.15) is 0 Å². The van der Waals surface area contributed by atoms with Crippen LogP contribution in [0.4, 0.5) is 0 Å². The molecule has 2 nitrogen and oxygen atoms in total. The standard InChI is InChI=1S/C16H32N2/c1-13-5-4-7-16(12-17,8-6-13)18-10-14(2)9-15(3)11-18/h13-15H,4-12,17H2,1-3H3. The molecule has 0 aromatic rings. The summed E-state index contributed by atoms with van der Waals surface area (Å²) in [6, 6.07) is 0. The van der Waals surface area contributed by atoms with Crippen LogP contribution in [0.2, 0.25) is 0 Å². The number of nitrogens with zero attached hydrogens (tertiary/aromatic N) is 1. The van der Waals surface area contributed by atoms with Crippen molar-refractivity contribution in [2.24, 2.45) is 23.5 Å². The van der Waals surface area contributed by atoms with Crippen LogP contribution < -0.4 is 5.73 Å². The molecule has 106 valence electrons. The lowest BCUT2D eigenvalue weighted by molar-refractivity contribution is 0.0181. The highest BCUT2D eigenvalue weighted by atomic mass is 15.2. The van der Waals surface area contributed by atoms with Crippen molar-refractivity contribution >= 4 is 0 Å². The molecular weight excluding hydrogens is 220 g/mol. The Morgan fingerprint density at radius 3 is 2.28 bits per heavy atom. The van der Waals surface area contributed by atoms with Crippen LogP contribution >= 0.6 is 0 Å². The van der Waals surface area contributed by atoms with Gasteiger partial charge in [-0.1, -0.05) is 33.6 Å². The molecule has 4 atom stereocenters. The minimum atomic E-state index is 0.327. The molecule has 0 amide bonds. The van der Waals surface area contributed by atoms with Gasteiger partial charge in [0.05, 0.1) is 0 Å². The maximum absolute atomic E-state index is 6.23. The van der Waals surface area contributed by atoms with Crippen LogP contribution in [-0.2, 0) is 0 Å². The Hall–Kier alpha value is -0.0800. The van der Waals surface area contributed by atoms with Crippen LogP contribution in [0.25, 0.3) is 0 Å². The first-order chi connectivity index (χ1) is 8.55. The van der Waals surface area contributed by atoms with Gasteiger partial charge in [0.15, 0.2) is 0 Å². The zero-order valence-corrected chi connectivity index (χ0v) is 12.6. The molecule has 2 aliphatic rings. The highest BCUT2D eigenvalue weighted by Crippen LogP contribution is 2.37. The van der Waals surface area contributed by atoms with Gasteiger partial charge in [0.1, 0.15) is 0 Å². The number of rotatable bonds is 2. The average molecular weight is 252 g/mol. The first-order valence-corrected chi connectivity index (χ1v) is 8.01. The predicted molar refractivity (Wildman–Crippen MR) is 78.6 cm³/mol. The summed E-state index contributed by atoms with van der Waals surface area (Å²) >= 11 is 0. The van der Waals surface area contributed by atoms with E-state index in [-0.39, 0.29) is 0 Å². The fourth-order valence-electron chi connectivity index (χ4n) is 4.26. The van der Waals surface area contributed by atoms with E-state index in [0.29, 0.717) is 5.54 Å². The maximum atomic E-state index is 6.23. The van der Waals surface area contributed by atoms with Crippen molar-refractivity contribution in [2.45, 2.75) is 64.8 Å². The molecule has 1 heterocycles. The third-order valence-corrected chi connectivity index (χ3v) is 5.36. The van der Waals surface area contributed by atoms with Crippen molar-refractivity contribution in [1.29, 1.82) is 0 Å². The second kappa shape index (κ2) is 5.92. The predicted octanol–water partition coefficient (Wildman–Crippen LogP) is 3.26. The van der Waals surface area contributed by atoms with Gasteiger partial charge in [0.2, 0.25) is 0 Å². The number of hydrogen-bond donors (Lipinski definition) is 1. The van der Waals surface area contributed by atoms with E-state index >= 15 is 0 Å². The molecule has 0 aromatic heterocycles. The van der Waals surface area contributed by atoms with Crippen molar-refractivity contribution in [3.05, 3.63) is 0 Å². The lowest BCUT2D eigenvalue weighted by Crippen LogP contribution is -2.58. The summed E-state index contributed by atoms with van der Waals surface area (Å²) in [5.74, 6) is 2.59. The third kappa shape index (κ3) is 3.08. The second-order valence-electron chi connectivity index (χ2n) is 7.32. The molecule has 0 radical (unpaired) electrons. The molecule has 2 fully saturated rings. The first kappa shape index (κ1) is 14.3. The minimum Gasteiger partial charge on any atom is -0.329 e. The van der Waals surface area contributed by atoms with E-state index in [9.17, 15) is 0 Å². The Balaban J connectivity index is 2.10. The average Bonchev–Trinajstić information content (AvgIpc) is 2.51. The van der Waals surface area contributed by atoms with E-state index in [1.54, 1.807) is 0 Å². The lowest BCUT2D eigenvalue weighted by atomic mass is 9.82. The second-order valence-corrected chi connectivity index (χ2v) is 7.32. The van der Waals surface area contributed by atoms with Gasteiger partial charge in [-0.25, -0.2) is 0 Å². The van der Waals surface area contributed by atoms with Gasteiger partial charge in [-0.05, 0) is 43.4 Å². The smallest absolute Gasteiger partial charge is 0.0332 e. The number of hydrogen-bond acceptors (Lipinski definition) is 2. The minimum absolute atomic E-state index is 0.327. The Kier molecular flexibility index (Phi) is 4.71. The van der Waals surface area contributed by atoms with Crippen molar-refractivity contribution in [2.75, 3.05) is 19.6 Å². The lowest BCUT2D eigenvalue weighted by Gasteiger charge is -2.48. The summed E-state index contributed by atoms with van der Waals surface area (Å²) in [5.41, 5.74) is 6.56. The fourth-order valence-corrected chi connectivity index (χ4v) is 4.26. The van der Waals surface area contributed by atoms with Crippen molar-refractivity contribution in [3.8, 4) is 0 Å². The Morgan fingerprint density at radius 2 is 1.67 bits per heavy atom. The maximum Gasteiger partial charge on any atom is 0.0332 e. The highest BCUT2D eigenvalue weighted by Gasteiger charge is 2.39. The van der Waals surface area contributed by atoms with E-state index in [4.69, 9.17) is 5.73 Å². The van der Waals surface area contributed by atoms with Crippen molar-refractivity contribution in [3.63, 3.8) is 0 Å². The quantitative estimate of drug-likeness (QED) is 0.764. The molecule has 1 saturated heterocycles. The third-order valence-electron chi connectivity index (χ3n) is 5.36. The molecule has 0 bridgehead atoms. The molecule has 1 aliphatic carbocycles. The van der Waals surface area contributed by atoms with Gasteiger partial charge in [-0.3, -0.25) is 4.90 Å². The molecule has 2 N–H and O–H groups in total. The van der Waals surface area contributed by atoms with E-state index in [1.165, 1.54) is 51.6 Å². The first-order valence-electron chi connectivity index (χ1n) is 8.01. The van der Waals surface area contributed by atoms with Crippen LogP contribution in [0.5, 0.6) is 0 Å². The van der Waals surface area contributed by atoms with Crippen LogP contribution in [0, 0.1) is 17.8 Å². The summed E-state index contributed by atoms with van der Waals surface area (Å²) in [6.07, 6.45) is 8.19. The van der Waals surface area contributed by atoms with Gasteiger partial charge in [-0.15, -0.1) is 0 Å². The largest absolute Gasteiger partial charge is 0.329 e. The summed E-state index contributed by atoms with van der Waals surface area (Å²) in [5, 5.41) is 0. The fraction of sp³-hybridized carbons (Fsp3) is 1.00. The molecule has 18 heavy (non-hydrogen) atoms. The molecule has 4 unspecified atom stereocenters. The molecule has 2 rings (SSSR count). The van der Waals surface area contributed by atoms with Gasteiger partial charge >= 0.3 is 0 Å². The zero-order valence-electron chi connectivity index (χ0n) is 12.6. The van der Waals surface area contributed by atoms with Crippen molar-refractivity contribution < 1.29 is 0 Å².